The molecule has 3 rings (SSSR count). The van der Waals surface area contributed by atoms with Crippen LogP contribution in [0.2, 0.25) is 0 Å². The molecule has 0 bridgehead atoms. The number of halogens is 3. The van der Waals surface area contributed by atoms with Crippen molar-refractivity contribution >= 4 is 54.8 Å². The van der Waals surface area contributed by atoms with Crippen LogP contribution in [-0.2, 0) is 6.42 Å². The van der Waals surface area contributed by atoms with Crippen molar-refractivity contribution in [2.45, 2.75) is 32.1 Å². The monoisotopic (exact) mass is 561 g/mol. The Hall–Kier alpha value is -1.94. The zero-order valence-electron chi connectivity index (χ0n) is 16.9. The van der Waals surface area contributed by atoms with Gasteiger partial charge in [0.05, 0.1) is 25.8 Å². The van der Waals surface area contributed by atoms with E-state index in [2.05, 4.69) is 44.0 Å². The predicted octanol–water partition coefficient (Wildman–Crippen LogP) is 8.66. The van der Waals surface area contributed by atoms with Gasteiger partial charge in [0, 0.05) is 0 Å². The molecule has 0 saturated carbocycles. The highest BCUT2D eigenvalue weighted by Gasteiger charge is 2.05. The molecule has 1 aromatic heterocycles. The number of rotatable bonds is 10. The molecule has 0 aliphatic rings. The number of unbranched alkanes of at least 4 members (excludes halogenated alkanes) is 3. The van der Waals surface area contributed by atoms with E-state index >= 15 is 0 Å². The van der Waals surface area contributed by atoms with Crippen LogP contribution in [0.5, 0.6) is 5.75 Å². The first-order valence-corrected chi connectivity index (χ1v) is 12.5. The van der Waals surface area contributed by atoms with E-state index in [-0.39, 0.29) is 5.82 Å². The summed E-state index contributed by atoms with van der Waals surface area (Å²) in [6.07, 6.45) is 7.36. The van der Waals surface area contributed by atoms with Crippen molar-refractivity contribution in [1.82, 2.24) is 0 Å². The quantitative estimate of drug-likeness (QED) is 0.141. The third-order valence-electron chi connectivity index (χ3n) is 4.80. The van der Waals surface area contributed by atoms with Crippen LogP contribution in [0.15, 0.2) is 62.2 Å². The van der Waals surface area contributed by atoms with Gasteiger partial charge in [0.1, 0.15) is 11.6 Å². The average Bonchev–Trinajstić information content (AvgIpc) is 3.10. The molecule has 0 radical (unpaired) electrons. The summed E-state index contributed by atoms with van der Waals surface area (Å²) in [5.41, 5.74) is 3.50. The number of aryl methyl sites for hydroxylation is 1. The van der Waals surface area contributed by atoms with E-state index in [1.165, 1.54) is 38.1 Å². The number of nitriles is 1. The topological polar surface area (TPSA) is 33.0 Å². The Kier molecular flexibility index (Phi) is 9.32. The smallest absolute Gasteiger partial charge is 0.123 e. The number of nitrogens with zero attached hydrogens (tertiary/aromatic N) is 1. The summed E-state index contributed by atoms with van der Waals surface area (Å²) in [6.45, 7) is 0.684. The number of allylic oxidation sites excluding steroid dienone is 1. The molecule has 160 valence electrons. The third kappa shape index (κ3) is 7.60. The molecule has 0 saturated heterocycles. The second kappa shape index (κ2) is 12.2. The van der Waals surface area contributed by atoms with Gasteiger partial charge < -0.3 is 4.74 Å². The van der Waals surface area contributed by atoms with Crippen LogP contribution in [0.4, 0.5) is 4.39 Å². The van der Waals surface area contributed by atoms with E-state index in [4.69, 9.17) is 4.74 Å². The summed E-state index contributed by atoms with van der Waals surface area (Å²) in [5, 5.41) is 9.47. The van der Waals surface area contributed by atoms with E-state index in [9.17, 15) is 9.65 Å². The molecule has 0 aliphatic carbocycles. The number of benzene rings is 2. The fraction of sp³-hybridized carbons (Fsp3) is 0.240. The van der Waals surface area contributed by atoms with Gasteiger partial charge in [-0.3, -0.25) is 0 Å². The minimum atomic E-state index is -0.291. The van der Waals surface area contributed by atoms with Gasteiger partial charge in [-0.15, -0.1) is 11.3 Å². The molecule has 0 atom stereocenters. The molecule has 0 fully saturated rings. The number of hydrogen-bond donors (Lipinski definition) is 0. The van der Waals surface area contributed by atoms with Crippen LogP contribution in [0.3, 0.4) is 0 Å². The molecule has 0 unspecified atom stereocenters. The predicted molar refractivity (Wildman–Crippen MR) is 134 cm³/mol. The highest BCUT2D eigenvalue weighted by atomic mass is 79.9. The molecule has 0 N–H and O–H groups in total. The molecular weight excluding hydrogens is 541 g/mol. The Labute approximate surface area is 203 Å². The molecule has 0 spiro atoms. The van der Waals surface area contributed by atoms with E-state index in [1.54, 1.807) is 29.5 Å². The molecule has 3 aromatic rings. The summed E-state index contributed by atoms with van der Waals surface area (Å²) in [4.78, 5) is 0. The van der Waals surface area contributed by atoms with Crippen LogP contribution in [0.1, 0.15) is 42.4 Å². The van der Waals surface area contributed by atoms with Crippen molar-refractivity contribution in [3.63, 3.8) is 0 Å². The van der Waals surface area contributed by atoms with Crippen LogP contribution in [0.25, 0.3) is 11.6 Å². The molecule has 1 heterocycles. The summed E-state index contributed by atoms with van der Waals surface area (Å²) < 4.78 is 21.3. The van der Waals surface area contributed by atoms with Gasteiger partial charge in [-0.2, -0.15) is 5.26 Å². The highest BCUT2D eigenvalue weighted by molar-refractivity contribution is 9.12. The van der Waals surface area contributed by atoms with Crippen LogP contribution in [-0.4, -0.2) is 6.61 Å². The van der Waals surface area contributed by atoms with Crippen molar-refractivity contribution in [3.8, 4) is 11.8 Å². The van der Waals surface area contributed by atoms with Crippen LogP contribution >= 0.6 is 43.2 Å². The zero-order chi connectivity index (χ0) is 22.1. The molecule has 2 aromatic carbocycles. The molecule has 6 heteroatoms. The maximum atomic E-state index is 13.0. The Balaban J connectivity index is 1.40. The number of thiophene rings is 1. The first-order valence-electron chi connectivity index (χ1n) is 10.1. The van der Waals surface area contributed by atoms with Crippen LogP contribution < -0.4 is 4.74 Å². The van der Waals surface area contributed by atoms with E-state index < -0.39 is 0 Å². The second-order valence-corrected chi connectivity index (χ2v) is 10.9. The lowest BCUT2D eigenvalue weighted by Gasteiger charge is -2.07. The molecular formula is C25H22Br2FNOS. The van der Waals surface area contributed by atoms with Gasteiger partial charge >= 0.3 is 0 Å². The maximum Gasteiger partial charge on any atom is 0.123 e. The summed E-state index contributed by atoms with van der Waals surface area (Å²) in [7, 11) is 0. The summed E-state index contributed by atoms with van der Waals surface area (Å²) in [5.74, 6) is 0.510. The first-order chi connectivity index (χ1) is 15.0. The summed E-state index contributed by atoms with van der Waals surface area (Å²) in [6, 6.07) is 18.0. The summed E-state index contributed by atoms with van der Waals surface area (Å²) >= 11 is 8.85. The lowest BCUT2D eigenvalue weighted by atomic mass is 10.0. The second-order valence-electron chi connectivity index (χ2n) is 7.11. The van der Waals surface area contributed by atoms with Gasteiger partial charge in [-0.05, 0) is 116 Å². The Morgan fingerprint density at radius 1 is 1.00 bits per heavy atom. The first kappa shape index (κ1) is 23.7. The zero-order valence-corrected chi connectivity index (χ0v) is 20.9. The van der Waals surface area contributed by atoms with Gasteiger partial charge in [0.25, 0.3) is 0 Å². The van der Waals surface area contributed by atoms with E-state index in [0.29, 0.717) is 12.2 Å². The lowest BCUT2D eigenvalue weighted by molar-refractivity contribution is 0.304. The standard InChI is InChI=1S/C25H22Br2FNOS/c26-24-16-20(25(27)31-24)5-3-1-2-4-14-30-23-12-8-19(9-13-23)21(17-29)15-18-6-10-22(28)11-7-18/h6-13,15-16H,1-5,14H2/b21-15+. The minimum absolute atomic E-state index is 0.291. The molecule has 2 nitrogen and oxygen atoms in total. The lowest BCUT2D eigenvalue weighted by Crippen LogP contribution is -1.97. The van der Waals surface area contributed by atoms with Gasteiger partial charge in [-0.25, -0.2) is 4.39 Å². The van der Waals surface area contributed by atoms with E-state index in [1.807, 2.05) is 24.3 Å². The van der Waals surface area contributed by atoms with Gasteiger partial charge in [0.15, 0.2) is 0 Å². The van der Waals surface area contributed by atoms with Crippen molar-refractivity contribution in [3.05, 3.63) is 84.7 Å². The van der Waals surface area contributed by atoms with Crippen molar-refractivity contribution in [1.29, 1.82) is 5.26 Å². The fourth-order valence-electron chi connectivity index (χ4n) is 3.14. The Morgan fingerprint density at radius 3 is 2.35 bits per heavy atom. The highest BCUT2D eigenvalue weighted by Crippen LogP contribution is 2.32. The van der Waals surface area contributed by atoms with E-state index in [0.717, 1.165) is 36.1 Å². The average molecular weight is 563 g/mol. The molecule has 31 heavy (non-hydrogen) atoms. The van der Waals surface area contributed by atoms with Gasteiger partial charge in [-0.1, -0.05) is 25.0 Å². The van der Waals surface area contributed by atoms with Crippen molar-refractivity contribution < 1.29 is 9.13 Å². The van der Waals surface area contributed by atoms with Crippen molar-refractivity contribution in [2.24, 2.45) is 0 Å². The maximum absolute atomic E-state index is 13.0. The molecule has 0 aliphatic heterocycles. The normalized spacial score (nSPS) is 11.4. The molecule has 0 amide bonds. The number of ether oxygens (including phenoxy) is 1. The van der Waals surface area contributed by atoms with Crippen LogP contribution in [0, 0.1) is 17.1 Å². The SMILES string of the molecule is N#C/C(=C\c1ccc(F)cc1)c1ccc(OCCCCCCc2cc(Br)sc2Br)cc1. The third-order valence-corrected chi connectivity index (χ3v) is 7.27. The fourth-order valence-corrected chi connectivity index (χ4v) is 6.06. The number of hydrogen-bond acceptors (Lipinski definition) is 3. The van der Waals surface area contributed by atoms with Gasteiger partial charge in [0.2, 0.25) is 0 Å². The Morgan fingerprint density at radius 2 is 1.71 bits per heavy atom. The Bertz CT molecular complexity index is 1050. The van der Waals surface area contributed by atoms with Crippen molar-refractivity contribution in [2.75, 3.05) is 6.61 Å². The largest absolute Gasteiger partial charge is 0.494 e. The minimum Gasteiger partial charge on any atom is -0.494 e.